The lowest BCUT2D eigenvalue weighted by atomic mass is 9.95. The number of aliphatic carboxylic acids is 1. The fourth-order valence-corrected chi connectivity index (χ4v) is 2.24. The molecular weight excluding hydrogens is 232 g/mol. The summed E-state index contributed by atoms with van der Waals surface area (Å²) in [6.45, 7) is 3.53. The average molecular weight is 243 g/mol. The molecule has 5 heteroatoms. The Morgan fingerprint density at radius 1 is 1.56 bits per heavy atom. The first-order chi connectivity index (χ1) is 7.52. The van der Waals surface area contributed by atoms with Gasteiger partial charge in [0.15, 0.2) is 11.5 Å². The van der Waals surface area contributed by atoms with E-state index in [0.717, 1.165) is 5.56 Å². The molecule has 1 aliphatic rings. The molecule has 0 bridgehead atoms. The van der Waals surface area contributed by atoms with Gasteiger partial charge in [-0.15, -0.1) is 0 Å². The normalized spacial score (nSPS) is 14.9. The Balaban J connectivity index is 2.58. The summed E-state index contributed by atoms with van der Waals surface area (Å²) in [5.74, 6) is -0.415. The summed E-state index contributed by atoms with van der Waals surface area (Å²) in [5.41, 5.74) is 1.31. The van der Waals surface area contributed by atoms with E-state index in [4.69, 9.17) is 26.2 Å². The lowest BCUT2D eigenvalue weighted by molar-refractivity contribution is -0.138. The third kappa shape index (κ3) is 1.59. The molecule has 0 radical (unpaired) electrons. The first-order valence-electron chi connectivity index (χ1n) is 4.83. The molecule has 0 spiro atoms. The summed E-state index contributed by atoms with van der Waals surface area (Å²) in [5, 5.41) is 9.40. The Kier molecular flexibility index (Phi) is 2.68. The lowest BCUT2D eigenvalue weighted by Crippen LogP contribution is -2.10. The second-order valence-electron chi connectivity index (χ2n) is 3.69. The first kappa shape index (κ1) is 11.1. The number of ether oxygens (including phenoxy) is 2. The Morgan fingerprint density at radius 2 is 2.25 bits per heavy atom. The van der Waals surface area contributed by atoms with Crippen LogP contribution in [0.3, 0.4) is 0 Å². The zero-order chi connectivity index (χ0) is 11.9. The van der Waals surface area contributed by atoms with Crippen LogP contribution in [0.5, 0.6) is 11.5 Å². The van der Waals surface area contributed by atoms with Gasteiger partial charge in [0, 0.05) is 16.7 Å². The smallest absolute Gasteiger partial charge is 0.310 e. The number of halogens is 1. The van der Waals surface area contributed by atoms with Gasteiger partial charge in [0.2, 0.25) is 6.79 Å². The minimum Gasteiger partial charge on any atom is -0.481 e. The van der Waals surface area contributed by atoms with Crippen molar-refractivity contribution < 1.29 is 19.4 Å². The van der Waals surface area contributed by atoms with Crippen LogP contribution in [0.25, 0.3) is 0 Å². The number of carbonyl (C=O) groups is 1. The van der Waals surface area contributed by atoms with Crippen molar-refractivity contribution >= 4 is 17.6 Å². The minimum absolute atomic E-state index is 0.150. The highest BCUT2D eigenvalue weighted by Crippen LogP contribution is 2.43. The van der Waals surface area contributed by atoms with Crippen LogP contribution in [-0.4, -0.2) is 17.9 Å². The van der Waals surface area contributed by atoms with E-state index < -0.39 is 11.9 Å². The average Bonchev–Trinajstić information content (AvgIpc) is 2.65. The number of rotatable bonds is 2. The highest BCUT2D eigenvalue weighted by molar-refractivity contribution is 6.32. The van der Waals surface area contributed by atoms with Crippen LogP contribution in [0.1, 0.15) is 24.0 Å². The fraction of sp³-hybridized carbons (Fsp3) is 0.364. The molecule has 1 unspecified atom stereocenters. The molecule has 86 valence electrons. The Labute approximate surface area is 97.7 Å². The summed E-state index contributed by atoms with van der Waals surface area (Å²) in [6, 6.07) is 1.60. The molecule has 4 nitrogen and oxygen atoms in total. The van der Waals surface area contributed by atoms with Gasteiger partial charge >= 0.3 is 5.97 Å². The summed E-state index contributed by atoms with van der Waals surface area (Å²) in [7, 11) is 0. The molecule has 0 fully saturated rings. The number of benzene rings is 1. The van der Waals surface area contributed by atoms with Gasteiger partial charge in [-0.05, 0) is 19.4 Å². The summed E-state index contributed by atoms with van der Waals surface area (Å²) in [6.07, 6.45) is 0. The first-order valence-corrected chi connectivity index (χ1v) is 5.21. The number of carboxylic acids is 1. The molecule has 1 aliphatic heterocycles. The van der Waals surface area contributed by atoms with Crippen molar-refractivity contribution in [3.05, 3.63) is 22.2 Å². The molecule has 1 heterocycles. The molecule has 1 atom stereocenters. The standard InChI is InChI=1S/C11H11ClO4/c1-5-9(6(2)11(13)14)7(12)3-8-10(5)16-4-15-8/h3,6H,4H2,1-2H3,(H,13,14). The van der Waals surface area contributed by atoms with E-state index in [-0.39, 0.29) is 6.79 Å². The third-order valence-electron chi connectivity index (χ3n) is 2.70. The van der Waals surface area contributed by atoms with Gasteiger partial charge in [-0.3, -0.25) is 4.79 Å². The van der Waals surface area contributed by atoms with E-state index >= 15 is 0 Å². The van der Waals surface area contributed by atoms with Crippen LogP contribution in [0.2, 0.25) is 5.02 Å². The largest absolute Gasteiger partial charge is 0.481 e. The molecule has 1 aromatic carbocycles. The molecule has 0 aromatic heterocycles. The van der Waals surface area contributed by atoms with Crippen molar-refractivity contribution in [2.45, 2.75) is 19.8 Å². The topological polar surface area (TPSA) is 55.8 Å². The quantitative estimate of drug-likeness (QED) is 0.866. The number of fused-ring (bicyclic) bond motifs is 1. The summed E-state index contributed by atoms with van der Waals surface area (Å²) in [4.78, 5) is 11.0. The molecule has 0 amide bonds. The fourth-order valence-electron chi connectivity index (χ4n) is 1.84. The van der Waals surface area contributed by atoms with E-state index in [1.54, 1.807) is 19.9 Å². The van der Waals surface area contributed by atoms with E-state index in [1.165, 1.54) is 0 Å². The van der Waals surface area contributed by atoms with Crippen molar-refractivity contribution in [2.75, 3.05) is 6.79 Å². The second kappa shape index (κ2) is 3.87. The molecule has 2 rings (SSSR count). The monoisotopic (exact) mass is 242 g/mol. The summed E-state index contributed by atoms with van der Waals surface area (Å²) < 4.78 is 10.5. The number of hydrogen-bond acceptors (Lipinski definition) is 3. The minimum atomic E-state index is -0.913. The van der Waals surface area contributed by atoms with Crippen LogP contribution in [0.4, 0.5) is 0 Å². The molecular formula is C11H11ClO4. The van der Waals surface area contributed by atoms with Crippen molar-refractivity contribution in [1.82, 2.24) is 0 Å². The number of hydrogen-bond donors (Lipinski definition) is 1. The number of carboxylic acid groups (broad SMARTS) is 1. The molecule has 0 saturated heterocycles. The van der Waals surface area contributed by atoms with E-state index in [9.17, 15) is 4.79 Å². The van der Waals surface area contributed by atoms with Crippen LogP contribution < -0.4 is 9.47 Å². The van der Waals surface area contributed by atoms with Crippen LogP contribution in [-0.2, 0) is 4.79 Å². The van der Waals surface area contributed by atoms with E-state index in [2.05, 4.69) is 0 Å². The van der Waals surface area contributed by atoms with Crippen LogP contribution in [0.15, 0.2) is 6.07 Å². The Bertz CT molecular complexity index is 456. The maximum Gasteiger partial charge on any atom is 0.310 e. The Hall–Kier alpha value is -1.42. The van der Waals surface area contributed by atoms with Crippen molar-refractivity contribution in [3.8, 4) is 11.5 Å². The second-order valence-corrected chi connectivity index (χ2v) is 4.10. The predicted molar refractivity (Wildman–Crippen MR) is 58.4 cm³/mol. The maximum absolute atomic E-state index is 11.0. The van der Waals surface area contributed by atoms with Gasteiger partial charge in [-0.2, -0.15) is 0 Å². The zero-order valence-corrected chi connectivity index (χ0v) is 9.67. The van der Waals surface area contributed by atoms with Gasteiger partial charge in [0.05, 0.1) is 5.92 Å². The van der Waals surface area contributed by atoms with E-state index in [1.807, 2.05) is 0 Å². The SMILES string of the molecule is Cc1c2c(cc(Cl)c1C(C)C(=O)O)OCO2. The third-order valence-corrected chi connectivity index (χ3v) is 3.02. The van der Waals surface area contributed by atoms with Gasteiger partial charge in [-0.1, -0.05) is 11.6 Å². The highest BCUT2D eigenvalue weighted by atomic mass is 35.5. The van der Waals surface area contributed by atoms with Gasteiger partial charge in [0.25, 0.3) is 0 Å². The summed E-state index contributed by atoms with van der Waals surface area (Å²) >= 11 is 6.05. The molecule has 1 N–H and O–H groups in total. The van der Waals surface area contributed by atoms with Crippen molar-refractivity contribution in [2.24, 2.45) is 0 Å². The Morgan fingerprint density at radius 3 is 2.88 bits per heavy atom. The predicted octanol–water partition coefficient (Wildman–Crippen LogP) is 2.57. The molecule has 16 heavy (non-hydrogen) atoms. The van der Waals surface area contributed by atoms with Crippen molar-refractivity contribution in [1.29, 1.82) is 0 Å². The van der Waals surface area contributed by atoms with Crippen LogP contribution >= 0.6 is 11.6 Å². The molecule has 1 aromatic rings. The zero-order valence-electron chi connectivity index (χ0n) is 8.91. The van der Waals surface area contributed by atoms with Gasteiger partial charge in [0.1, 0.15) is 0 Å². The highest BCUT2D eigenvalue weighted by Gasteiger charge is 2.26. The maximum atomic E-state index is 11.0. The molecule has 0 saturated carbocycles. The van der Waals surface area contributed by atoms with Gasteiger partial charge in [-0.25, -0.2) is 0 Å². The van der Waals surface area contributed by atoms with Crippen molar-refractivity contribution in [3.63, 3.8) is 0 Å². The van der Waals surface area contributed by atoms with Gasteiger partial charge < -0.3 is 14.6 Å². The van der Waals surface area contributed by atoms with Crippen LogP contribution in [0, 0.1) is 6.92 Å². The van der Waals surface area contributed by atoms with E-state index in [0.29, 0.717) is 22.1 Å². The lowest BCUT2D eigenvalue weighted by Gasteiger charge is -2.14. The molecule has 0 aliphatic carbocycles.